The second-order valence-corrected chi connectivity index (χ2v) is 7.35. The van der Waals surface area contributed by atoms with Crippen molar-refractivity contribution < 1.29 is 14.3 Å². The summed E-state index contributed by atoms with van der Waals surface area (Å²) < 4.78 is 13.1. The van der Waals surface area contributed by atoms with Crippen LogP contribution in [0.2, 0.25) is 5.02 Å². The van der Waals surface area contributed by atoms with Crippen LogP contribution in [-0.2, 0) is 11.3 Å². The fourth-order valence-corrected chi connectivity index (χ4v) is 3.69. The number of methoxy groups -OCH3 is 2. The molecule has 0 radical (unpaired) electrons. The van der Waals surface area contributed by atoms with Crippen LogP contribution in [-0.4, -0.2) is 61.4 Å². The van der Waals surface area contributed by atoms with Gasteiger partial charge in [-0.25, -0.2) is 0 Å². The van der Waals surface area contributed by atoms with Crippen LogP contribution in [0.4, 0.5) is 5.69 Å². The number of hydrogen-bond donors (Lipinski definition) is 2. The molecule has 1 aromatic heterocycles. The Labute approximate surface area is 170 Å². The number of ether oxygens (including phenoxy) is 2. The molecule has 0 saturated carbocycles. The number of aromatic nitrogens is 1. The minimum atomic E-state index is -0.244. The monoisotopic (exact) mass is 406 g/mol. The molecule has 0 bridgehead atoms. The first kappa shape index (κ1) is 20.5. The van der Waals surface area contributed by atoms with Gasteiger partial charge in [-0.1, -0.05) is 11.6 Å². The largest absolute Gasteiger partial charge is 0.496 e. The van der Waals surface area contributed by atoms with Crippen molar-refractivity contribution >= 4 is 23.2 Å². The molecule has 2 atom stereocenters. The lowest BCUT2D eigenvalue weighted by atomic mass is 10.0. The number of carbonyl (C=O) groups excluding carboxylic acids is 1. The zero-order valence-electron chi connectivity index (χ0n) is 16.2. The van der Waals surface area contributed by atoms with Crippen molar-refractivity contribution in [3.63, 3.8) is 0 Å². The number of carbonyl (C=O) groups is 1. The van der Waals surface area contributed by atoms with E-state index in [1.54, 1.807) is 19.2 Å². The Balaban J connectivity index is 1.61. The van der Waals surface area contributed by atoms with E-state index in [1.807, 2.05) is 12.1 Å². The summed E-state index contributed by atoms with van der Waals surface area (Å²) in [6, 6.07) is 7.07. The van der Waals surface area contributed by atoms with Gasteiger partial charge in [0.2, 0.25) is 0 Å². The molecule has 8 heteroatoms. The lowest BCUT2D eigenvalue weighted by Crippen LogP contribution is -2.55. The molecule has 2 aromatic rings. The van der Waals surface area contributed by atoms with Crippen LogP contribution in [0.25, 0.3) is 0 Å². The Morgan fingerprint density at radius 3 is 2.71 bits per heavy atom. The number of hydrogen-bond acceptors (Lipinski definition) is 5. The molecule has 28 heavy (non-hydrogen) atoms. The summed E-state index contributed by atoms with van der Waals surface area (Å²) in [5, 5.41) is 3.40. The van der Waals surface area contributed by atoms with E-state index in [4.69, 9.17) is 26.8 Å². The van der Waals surface area contributed by atoms with Crippen molar-refractivity contribution in [3.05, 3.63) is 47.2 Å². The molecular formula is C20H27ClN4O3. The van der Waals surface area contributed by atoms with Gasteiger partial charge in [-0.15, -0.1) is 0 Å². The predicted molar refractivity (Wildman–Crippen MR) is 110 cm³/mol. The third-order valence-corrected chi connectivity index (χ3v) is 5.49. The van der Waals surface area contributed by atoms with Gasteiger partial charge in [0, 0.05) is 51.7 Å². The van der Waals surface area contributed by atoms with Crippen LogP contribution in [0.15, 0.2) is 36.7 Å². The zero-order chi connectivity index (χ0) is 20.1. The van der Waals surface area contributed by atoms with Gasteiger partial charge in [0.1, 0.15) is 5.75 Å². The number of halogens is 1. The third kappa shape index (κ3) is 4.79. The first-order valence-corrected chi connectivity index (χ1v) is 9.69. The fourth-order valence-electron chi connectivity index (χ4n) is 3.53. The lowest BCUT2D eigenvalue weighted by Gasteiger charge is -2.38. The minimum Gasteiger partial charge on any atom is -0.496 e. The average molecular weight is 407 g/mol. The van der Waals surface area contributed by atoms with Gasteiger partial charge in [0.25, 0.3) is 5.91 Å². The second-order valence-electron chi connectivity index (χ2n) is 6.94. The van der Waals surface area contributed by atoms with Crippen LogP contribution in [0.5, 0.6) is 5.75 Å². The molecule has 1 saturated heterocycles. The van der Waals surface area contributed by atoms with Gasteiger partial charge in [-0.3, -0.25) is 9.69 Å². The van der Waals surface area contributed by atoms with Crippen LogP contribution in [0.3, 0.4) is 0 Å². The molecule has 3 N–H and O–H groups in total. The van der Waals surface area contributed by atoms with Crippen molar-refractivity contribution in [1.82, 2.24) is 14.8 Å². The smallest absolute Gasteiger partial charge is 0.255 e. The van der Waals surface area contributed by atoms with Crippen LogP contribution < -0.4 is 15.8 Å². The average Bonchev–Trinajstić information content (AvgIpc) is 3.22. The highest BCUT2D eigenvalue weighted by atomic mass is 35.5. The lowest BCUT2D eigenvalue weighted by molar-refractivity contribution is 0.00552. The maximum Gasteiger partial charge on any atom is 0.255 e. The minimum absolute atomic E-state index is 0.0821. The molecule has 1 amide bonds. The number of amides is 1. The van der Waals surface area contributed by atoms with E-state index in [2.05, 4.69) is 27.2 Å². The number of nitrogens with zero attached hydrogens (tertiary/aromatic N) is 2. The number of piperidine rings is 1. The topological polar surface area (TPSA) is 81.7 Å². The van der Waals surface area contributed by atoms with E-state index in [1.165, 1.54) is 7.11 Å². The van der Waals surface area contributed by atoms with Gasteiger partial charge in [-0.05, 0) is 24.6 Å². The second kappa shape index (κ2) is 9.32. The number of benzene rings is 1. The van der Waals surface area contributed by atoms with E-state index in [9.17, 15) is 4.79 Å². The summed E-state index contributed by atoms with van der Waals surface area (Å²) in [4.78, 5) is 15.2. The number of nitrogen functional groups attached to an aromatic ring is 1. The van der Waals surface area contributed by atoms with Crippen molar-refractivity contribution in [3.8, 4) is 5.75 Å². The molecule has 2 heterocycles. The van der Waals surface area contributed by atoms with Gasteiger partial charge >= 0.3 is 0 Å². The van der Waals surface area contributed by atoms with Crippen molar-refractivity contribution in [2.24, 2.45) is 0 Å². The Hall–Kier alpha value is -2.22. The highest BCUT2D eigenvalue weighted by molar-refractivity contribution is 6.33. The van der Waals surface area contributed by atoms with Crippen LogP contribution >= 0.6 is 11.6 Å². The third-order valence-electron chi connectivity index (χ3n) is 5.17. The number of nitrogens with two attached hydrogens (primary N) is 1. The first-order valence-electron chi connectivity index (χ1n) is 9.31. The molecule has 1 aromatic carbocycles. The number of anilines is 1. The number of likely N-dealkylation sites (tertiary alicyclic amines) is 1. The summed E-state index contributed by atoms with van der Waals surface area (Å²) in [5.41, 5.74) is 6.54. The molecule has 0 spiro atoms. The number of rotatable bonds is 7. The summed E-state index contributed by atoms with van der Waals surface area (Å²) in [7, 11) is 3.18. The number of nitrogens with one attached hydrogen (secondary N) is 1. The normalized spacial score (nSPS) is 20.1. The van der Waals surface area contributed by atoms with E-state index >= 15 is 0 Å². The van der Waals surface area contributed by atoms with E-state index < -0.39 is 0 Å². The Morgan fingerprint density at radius 2 is 2.04 bits per heavy atom. The summed E-state index contributed by atoms with van der Waals surface area (Å²) >= 11 is 6.09. The van der Waals surface area contributed by atoms with Crippen LogP contribution in [0, 0.1) is 0 Å². The molecule has 3 rings (SSSR count). The zero-order valence-corrected chi connectivity index (χ0v) is 17.0. The van der Waals surface area contributed by atoms with Crippen molar-refractivity contribution in [2.75, 3.05) is 39.6 Å². The standard InChI is InChI=1S/C20H27ClN4O3/c1-27-18-12-16(22)15(21)11-14(18)20(26)23-17-5-8-25(13-19(17)28-2)10-9-24-6-3-4-7-24/h3-4,6-7,11-12,17,19H,5,8-10,13,22H2,1-2H3,(H,23,26)/t17-,19+/m1/s1. The summed E-state index contributed by atoms with van der Waals surface area (Å²) in [6.45, 7) is 3.53. The molecule has 152 valence electrons. The van der Waals surface area contributed by atoms with Gasteiger partial charge in [0.15, 0.2) is 0 Å². The maximum atomic E-state index is 12.8. The predicted octanol–water partition coefficient (Wildman–Crippen LogP) is 2.25. The van der Waals surface area contributed by atoms with Crippen molar-refractivity contribution in [2.45, 2.75) is 25.1 Å². The Morgan fingerprint density at radius 1 is 1.29 bits per heavy atom. The van der Waals surface area contributed by atoms with Crippen molar-refractivity contribution in [1.29, 1.82) is 0 Å². The maximum absolute atomic E-state index is 12.8. The van der Waals surface area contributed by atoms with Crippen LogP contribution in [0.1, 0.15) is 16.8 Å². The molecule has 0 aliphatic carbocycles. The molecule has 0 unspecified atom stereocenters. The van der Waals surface area contributed by atoms with E-state index in [0.29, 0.717) is 22.0 Å². The van der Waals surface area contributed by atoms with Gasteiger partial charge < -0.3 is 25.1 Å². The van der Waals surface area contributed by atoms with Gasteiger partial charge in [-0.2, -0.15) is 0 Å². The SMILES string of the molecule is COc1cc(N)c(Cl)cc1C(=O)N[C@@H]1CCN(CCn2cccc2)C[C@@H]1OC. The molecule has 1 aliphatic heterocycles. The summed E-state index contributed by atoms with van der Waals surface area (Å²) in [5.74, 6) is 0.157. The highest BCUT2D eigenvalue weighted by Gasteiger charge is 2.31. The quantitative estimate of drug-likeness (QED) is 0.689. The highest BCUT2D eigenvalue weighted by Crippen LogP contribution is 2.29. The Bertz CT molecular complexity index is 797. The molecule has 7 nitrogen and oxygen atoms in total. The molecule has 1 fully saturated rings. The molecule has 1 aliphatic rings. The fraction of sp³-hybridized carbons (Fsp3) is 0.450. The van der Waals surface area contributed by atoms with E-state index in [0.717, 1.165) is 32.6 Å². The first-order chi connectivity index (χ1) is 13.5. The van der Waals surface area contributed by atoms with Gasteiger partial charge in [0.05, 0.1) is 35.5 Å². The molecular weight excluding hydrogens is 380 g/mol. The summed E-state index contributed by atoms with van der Waals surface area (Å²) in [6.07, 6.45) is 4.84. The Kier molecular flexibility index (Phi) is 6.83. The van der Waals surface area contributed by atoms with E-state index in [-0.39, 0.29) is 18.1 Å².